The topological polar surface area (TPSA) is 25.2 Å². The van der Waals surface area contributed by atoms with E-state index in [0.29, 0.717) is 12.0 Å². The van der Waals surface area contributed by atoms with Gasteiger partial charge in [0.1, 0.15) is 5.76 Å². The van der Waals surface area contributed by atoms with Crippen molar-refractivity contribution in [1.29, 1.82) is 0 Å². The molecule has 0 amide bonds. The van der Waals surface area contributed by atoms with Gasteiger partial charge in [-0.2, -0.15) is 0 Å². The lowest BCUT2D eigenvalue weighted by Crippen LogP contribution is -2.21. The molecule has 0 radical (unpaired) electrons. The lowest BCUT2D eigenvalue weighted by molar-refractivity contribution is 0.392. The van der Waals surface area contributed by atoms with Crippen LogP contribution in [0.2, 0.25) is 0 Å². The van der Waals surface area contributed by atoms with E-state index in [1.807, 2.05) is 6.07 Å². The Bertz CT molecular complexity index is 504. The van der Waals surface area contributed by atoms with Crippen molar-refractivity contribution in [2.24, 2.45) is 5.92 Å². The van der Waals surface area contributed by atoms with Crippen LogP contribution in [0.1, 0.15) is 63.3 Å². The molecular formula is C20H29NO. The van der Waals surface area contributed by atoms with Crippen LogP contribution in [0.3, 0.4) is 0 Å². The molecule has 0 aliphatic rings. The summed E-state index contributed by atoms with van der Waals surface area (Å²) in [7, 11) is 0. The van der Waals surface area contributed by atoms with E-state index in [0.717, 1.165) is 24.6 Å². The van der Waals surface area contributed by atoms with Crippen LogP contribution in [0.5, 0.6) is 0 Å². The van der Waals surface area contributed by atoms with E-state index in [2.05, 4.69) is 62.5 Å². The van der Waals surface area contributed by atoms with Crippen molar-refractivity contribution in [3.05, 3.63) is 60.1 Å². The molecule has 0 aliphatic heterocycles. The Morgan fingerprint density at radius 2 is 1.68 bits per heavy atom. The van der Waals surface area contributed by atoms with Gasteiger partial charge in [-0.25, -0.2) is 0 Å². The highest BCUT2D eigenvalue weighted by molar-refractivity contribution is 5.18. The third kappa shape index (κ3) is 5.34. The molecular weight excluding hydrogens is 270 g/mol. The van der Waals surface area contributed by atoms with Crippen molar-refractivity contribution < 1.29 is 4.42 Å². The molecule has 1 aromatic carbocycles. The number of furan rings is 1. The van der Waals surface area contributed by atoms with E-state index in [1.165, 1.54) is 18.4 Å². The van der Waals surface area contributed by atoms with Gasteiger partial charge in [-0.1, -0.05) is 50.6 Å². The molecule has 2 aromatic rings. The van der Waals surface area contributed by atoms with Gasteiger partial charge in [-0.15, -0.1) is 0 Å². The monoisotopic (exact) mass is 299 g/mol. The maximum absolute atomic E-state index is 5.64. The summed E-state index contributed by atoms with van der Waals surface area (Å²) in [5.74, 6) is 2.40. The lowest BCUT2D eigenvalue weighted by atomic mass is 9.93. The second-order valence-electron chi connectivity index (χ2n) is 6.56. The third-order valence-electron chi connectivity index (χ3n) is 4.28. The molecule has 2 nitrogen and oxygen atoms in total. The fourth-order valence-corrected chi connectivity index (χ4v) is 2.82. The summed E-state index contributed by atoms with van der Waals surface area (Å²) < 4.78 is 5.64. The molecule has 2 atom stereocenters. The third-order valence-corrected chi connectivity index (χ3v) is 4.28. The molecule has 2 heteroatoms. The van der Waals surface area contributed by atoms with Crippen LogP contribution >= 0.6 is 0 Å². The first-order valence-electron chi connectivity index (χ1n) is 8.48. The number of benzene rings is 1. The van der Waals surface area contributed by atoms with Crippen molar-refractivity contribution in [2.45, 2.75) is 52.0 Å². The largest absolute Gasteiger partial charge is 0.469 e. The van der Waals surface area contributed by atoms with Gasteiger partial charge in [-0.3, -0.25) is 0 Å². The molecule has 0 saturated carbocycles. The van der Waals surface area contributed by atoms with Crippen LogP contribution in [0, 0.1) is 5.92 Å². The van der Waals surface area contributed by atoms with E-state index in [9.17, 15) is 0 Å². The number of rotatable bonds is 9. The molecule has 120 valence electrons. The molecule has 0 saturated heterocycles. The van der Waals surface area contributed by atoms with Crippen molar-refractivity contribution in [2.75, 3.05) is 6.54 Å². The quantitative estimate of drug-likeness (QED) is 0.657. The Labute approximate surface area is 134 Å². The second-order valence-corrected chi connectivity index (χ2v) is 6.56. The fraction of sp³-hybridized carbons (Fsp3) is 0.500. The second kappa shape index (κ2) is 8.79. The summed E-state index contributed by atoms with van der Waals surface area (Å²) in [6, 6.07) is 15.1. The molecule has 1 aromatic heterocycles. The molecule has 1 N–H and O–H groups in total. The van der Waals surface area contributed by atoms with Gasteiger partial charge < -0.3 is 9.73 Å². The Morgan fingerprint density at radius 1 is 0.909 bits per heavy atom. The Balaban J connectivity index is 1.83. The lowest BCUT2D eigenvalue weighted by Gasteiger charge is -2.19. The summed E-state index contributed by atoms with van der Waals surface area (Å²) in [4.78, 5) is 0. The van der Waals surface area contributed by atoms with Crippen LogP contribution < -0.4 is 5.32 Å². The van der Waals surface area contributed by atoms with E-state index in [1.54, 1.807) is 6.26 Å². The molecule has 22 heavy (non-hydrogen) atoms. The first kappa shape index (κ1) is 16.8. The van der Waals surface area contributed by atoms with Crippen molar-refractivity contribution in [3.8, 4) is 0 Å². The average Bonchev–Trinajstić information content (AvgIpc) is 3.05. The minimum atomic E-state index is 0.392. The van der Waals surface area contributed by atoms with Crippen LogP contribution in [0.15, 0.2) is 53.1 Å². The van der Waals surface area contributed by atoms with E-state index >= 15 is 0 Å². The molecule has 0 unspecified atom stereocenters. The predicted octanol–water partition coefficient (Wildman–Crippen LogP) is 5.54. The van der Waals surface area contributed by atoms with Gasteiger partial charge >= 0.3 is 0 Å². The zero-order valence-electron chi connectivity index (χ0n) is 14.1. The van der Waals surface area contributed by atoms with Gasteiger partial charge in [-0.05, 0) is 49.9 Å². The van der Waals surface area contributed by atoms with Crippen LogP contribution in [-0.4, -0.2) is 6.54 Å². The summed E-state index contributed by atoms with van der Waals surface area (Å²) in [6.45, 7) is 7.81. The first-order chi connectivity index (χ1) is 10.7. The highest BCUT2D eigenvalue weighted by Gasteiger charge is 2.15. The molecule has 0 aliphatic carbocycles. The normalized spacial score (nSPS) is 14.2. The Kier molecular flexibility index (Phi) is 6.73. The number of hydrogen-bond donors (Lipinski definition) is 1. The molecule has 0 bridgehead atoms. The maximum Gasteiger partial charge on any atom is 0.106 e. The summed E-state index contributed by atoms with van der Waals surface area (Å²) in [5.41, 5.74) is 1.35. The van der Waals surface area contributed by atoms with E-state index in [4.69, 9.17) is 4.42 Å². The molecule has 0 spiro atoms. The molecule has 0 fully saturated rings. The van der Waals surface area contributed by atoms with Crippen molar-refractivity contribution in [3.63, 3.8) is 0 Å². The first-order valence-corrected chi connectivity index (χ1v) is 8.48. The van der Waals surface area contributed by atoms with Crippen LogP contribution in [0.25, 0.3) is 0 Å². The highest BCUT2D eigenvalue weighted by Crippen LogP contribution is 2.27. The Morgan fingerprint density at radius 3 is 2.32 bits per heavy atom. The van der Waals surface area contributed by atoms with Crippen LogP contribution in [-0.2, 0) is 0 Å². The predicted molar refractivity (Wildman–Crippen MR) is 93.0 cm³/mol. The van der Waals surface area contributed by atoms with E-state index in [-0.39, 0.29) is 0 Å². The average molecular weight is 299 g/mol. The van der Waals surface area contributed by atoms with E-state index < -0.39 is 0 Å². The zero-order valence-corrected chi connectivity index (χ0v) is 14.1. The summed E-state index contributed by atoms with van der Waals surface area (Å²) in [5, 5.41) is 3.64. The number of nitrogens with one attached hydrogen (secondary N) is 1. The SMILES string of the molecule is CC(C)CC[C@@H](CCN[C@@H](C)c1ccccc1)c1ccco1. The number of hydrogen-bond acceptors (Lipinski definition) is 2. The minimum Gasteiger partial charge on any atom is -0.469 e. The van der Waals surface area contributed by atoms with Gasteiger partial charge in [0, 0.05) is 12.0 Å². The molecule has 1 heterocycles. The van der Waals surface area contributed by atoms with Gasteiger partial charge in [0.05, 0.1) is 6.26 Å². The van der Waals surface area contributed by atoms with Crippen LogP contribution in [0.4, 0.5) is 0 Å². The van der Waals surface area contributed by atoms with Crippen molar-refractivity contribution in [1.82, 2.24) is 5.32 Å². The minimum absolute atomic E-state index is 0.392. The smallest absolute Gasteiger partial charge is 0.106 e. The maximum atomic E-state index is 5.64. The molecule has 2 rings (SSSR count). The zero-order chi connectivity index (χ0) is 15.8. The van der Waals surface area contributed by atoms with Crippen molar-refractivity contribution >= 4 is 0 Å². The fourth-order valence-electron chi connectivity index (χ4n) is 2.82. The standard InChI is InChI=1S/C20H29NO/c1-16(2)11-12-19(20-10-7-15-22-20)13-14-21-17(3)18-8-5-4-6-9-18/h4-10,15-17,19,21H,11-14H2,1-3H3/t17-,19-/m0/s1. The Hall–Kier alpha value is -1.54. The van der Waals surface area contributed by atoms with Gasteiger partial charge in [0.2, 0.25) is 0 Å². The highest BCUT2D eigenvalue weighted by atomic mass is 16.3. The van der Waals surface area contributed by atoms with Gasteiger partial charge in [0.25, 0.3) is 0 Å². The van der Waals surface area contributed by atoms with Gasteiger partial charge in [0.15, 0.2) is 0 Å². The summed E-state index contributed by atoms with van der Waals surface area (Å²) in [6.07, 6.45) is 5.36. The summed E-state index contributed by atoms with van der Waals surface area (Å²) >= 11 is 0.